The van der Waals surface area contributed by atoms with Crippen molar-refractivity contribution in [3.05, 3.63) is 52.8 Å². The fourth-order valence-electron chi connectivity index (χ4n) is 2.76. The molecule has 1 aliphatic rings. The van der Waals surface area contributed by atoms with E-state index in [9.17, 15) is 9.90 Å². The Morgan fingerprint density at radius 1 is 1.17 bits per heavy atom. The molecule has 0 saturated carbocycles. The van der Waals surface area contributed by atoms with Crippen molar-refractivity contribution in [2.75, 3.05) is 6.54 Å². The van der Waals surface area contributed by atoms with Crippen LogP contribution < -0.4 is 5.32 Å². The number of benzene rings is 1. The monoisotopic (exact) mass is 340 g/mol. The lowest BCUT2D eigenvalue weighted by Gasteiger charge is -2.10. The minimum Gasteiger partial charge on any atom is -0.508 e. The Labute approximate surface area is 142 Å². The molecule has 3 N–H and O–H groups in total. The van der Waals surface area contributed by atoms with Crippen LogP contribution in [0.25, 0.3) is 22.8 Å². The van der Waals surface area contributed by atoms with E-state index in [0.29, 0.717) is 34.2 Å². The van der Waals surface area contributed by atoms with E-state index < -0.39 is 0 Å². The van der Waals surface area contributed by atoms with Crippen molar-refractivity contribution in [3.63, 3.8) is 0 Å². The fourth-order valence-corrected chi connectivity index (χ4v) is 3.01. The van der Waals surface area contributed by atoms with E-state index >= 15 is 0 Å². The average Bonchev–Trinajstić information content (AvgIpc) is 3.01. The molecule has 0 atom stereocenters. The van der Waals surface area contributed by atoms with Crippen LogP contribution in [0.4, 0.5) is 0 Å². The molecular formula is C17H13ClN4O2. The zero-order chi connectivity index (χ0) is 16.7. The highest BCUT2D eigenvalue weighted by atomic mass is 35.5. The van der Waals surface area contributed by atoms with Gasteiger partial charge in [-0.2, -0.15) is 0 Å². The molecule has 24 heavy (non-hydrogen) atoms. The highest BCUT2D eigenvalue weighted by Crippen LogP contribution is 2.30. The Bertz CT molecular complexity index is 952. The number of nitrogens with one attached hydrogen (secondary N) is 2. The van der Waals surface area contributed by atoms with Crippen LogP contribution in [0, 0.1) is 0 Å². The Kier molecular flexibility index (Phi) is 3.46. The van der Waals surface area contributed by atoms with Gasteiger partial charge in [0, 0.05) is 30.4 Å². The number of hydrogen-bond donors (Lipinski definition) is 3. The van der Waals surface area contributed by atoms with Crippen molar-refractivity contribution in [3.8, 4) is 28.5 Å². The van der Waals surface area contributed by atoms with Gasteiger partial charge in [-0.25, -0.2) is 9.97 Å². The quantitative estimate of drug-likeness (QED) is 0.669. The van der Waals surface area contributed by atoms with Crippen LogP contribution >= 0.6 is 11.6 Å². The smallest absolute Gasteiger partial charge is 0.253 e. The predicted molar refractivity (Wildman–Crippen MR) is 90.0 cm³/mol. The third kappa shape index (κ3) is 2.51. The largest absolute Gasteiger partial charge is 0.508 e. The number of carbonyl (C=O) groups excluding carboxylic acids is 1. The van der Waals surface area contributed by atoms with Gasteiger partial charge in [-0.15, -0.1) is 0 Å². The minimum atomic E-state index is -0.0744. The Morgan fingerprint density at radius 3 is 2.83 bits per heavy atom. The maximum Gasteiger partial charge on any atom is 0.253 e. The molecule has 4 rings (SSSR count). The van der Waals surface area contributed by atoms with Crippen LogP contribution in [0.1, 0.15) is 16.1 Å². The molecule has 0 aliphatic carbocycles. The maximum atomic E-state index is 11.9. The summed E-state index contributed by atoms with van der Waals surface area (Å²) in [4.78, 5) is 23.9. The first-order chi connectivity index (χ1) is 11.6. The third-order valence-electron chi connectivity index (χ3n) is 3.93. The lowest BCUT2D eigenvalue weighted by Crippen LogP contribution is -2.31. The zero-order valence-electron chi connectivity index (χ0n) is 12.5. The third-order valence-corrected chi connectivity index (χ3v) is 4.24. The van der Waals surface area contributed by atoms with Crippen molar-refractivity contribution < 1.29 is 9.90 Å². The number of amides is 1. The minimum absolute atomic E-state index is 0.0744. The summed E-state index contributed by atoms with van der Waals surface area (Å²) in [7, 11) is 0. The highest BCUT2D eigenvalue weighted by Gasteiger charge is 2.20. The SMILES string of the molecule is O=C1NCCc2[nH]c(-c3ccnc(-c4ccc(O)cc4Cl)n3)cc21. The number of aromatic hydroxyl groups is 1. The van der Waals surface area contributed by atoms with Gasteiger partial charge >= 0.3 is 0 Å². The van der Waals surface area contributed by atoms with Crippen LogP contribution in [0.15, 0.2) is 36.5 Å². The van der Waals surface area contributed by atoms with E-state index in [2.05, 4.69) is 20.3 Å². The first-order valence-electron chi connectivity index (χ1n) is 7.44. The van der Waals surface area contributed by atoms with Crippen molar-refractivity contribution in [1.82, 2.24) is 20.3 Å². The number of rotatable bonds is 2. The molecule has 120 valence electrons. The van der Waals surface area contributed by atoms with Gasteiger partial charge in [0.15, 0.2) is 5.82 Å². The maximum absolute atomic E-state index is 11.9. The molecule has 1 amide bonds. The average molecular weight is 341 g/mol. The van der Waals surface area contributed by atoms with Gasteiger partial charge < -0.3 is 15.4 Å². The summed E-state index contributed by atoms with van der Waals surface area (Å²) in [5, 5.41) is 12.7. The number of aromatic amines is 1. The molecule has 0 bridgehead atoms. The fraction of sp³-hybridized carbons (Fsp3) is 0.118. The molecule has 3 heterocycles. The summed E-state index contributed by atoms with van der Waals surface area (Å²) in [6.07, 6.45) is 2.41. The molecule has 7 heteroatoms. The van der Waals surface area contributed by atoms with Crippen molar-refractivity contribution in [2.24, 2.45) is 0 Å². The summed E-state index contributed by atoms with van der Waals surface area (Å²) in [6.45, 7) is 0.629. The molecular weight excluding hydrogens is 328 g/mol. The first kappa shape index (κ1) is 14.7. The van der Waals surface area contributed by atoms with Crippen LogP contribution in [0.2, 0.25) is 5.02 Å². The molecule has 1 aromatic carbocycles. The van der Waals surface area contributed by atoms with Crippen LogP contribution in [-0.2, 0) is 6.42 Å². The number of halogens is 1. The van der Waals surface area contributed by atoms with E-state index in [1.807, 2.05) is 0 Å². The number of aromatic nitrogens is 3. The Hall–Kier alpha value is -2.86. The molecule has 0 radical (unpaired) electrons. The normalized spacial score (nSPS) is 13.5. The van der Waals surface area contributed by atoms with Crippen LogP contribution in [0.3, 0.4) is 0 Å². The molecule has 1 aliphatic heterocycles. The summed E-state index contributed by atoms with van der Waals surface area (Å²) in [5.74, 6) is 0.465. The predicted octanol–water partition coefficient (Wildman–Crippen LogP) is 2.78. The number of phenols is 1. The number of nitrogens with zero attached hydrogens (tertiary/aromatic N) is 2. The molecule has 6 nitrogen and oxygen atoms in total. The van der Waals surface area contributed by atoms with Gasteiger partial charge in [-0.3, -0.25) is 4.79 Å². The standard InChI is InChI=1S/C17H13ClN4O2/c18-12-7-9(23)1-2-10(12)16-19-5-4-14(22-16)15-8-11-13(21-15)3-6-20-17(11)24/h1-2,4-5,7-8,21,23H,3,6H2,(H,20,24). The molecule has 0 unspecified atom stereocenters. The van der Waals surface area contributed by atoms with Gasteiger partial charge in [-0.05, 0) is 30.3 Å². The van der Waals surface area contributed by atoms with Crippen molar-refractivity contribution in [1.29, 1.82) is 0 Å². The van der Waals surface area contributed by atoms with Gasteiger partial charge in [0.2, 0.25) is 0 Å². The van der Waals surface area contributed by atoms with Gasteiger partial charge in [0.25, 0.3) is 5.91 Å². The summed E-state index contributed by atoms with van der Waals surface area (Å²) >= 11 is 6.16. The summed E-state index contributed by atoms with van der Waals surface area (Å²) in [6, 6.07) is 8.23. The Morgan fingerprint density at radius 2 is 2.04 bits per heavy atom. The summed E-state index contributed by atoms with van der Waals surface area (Å²) < 4.78 is 0. The molecule has 2 aromatic heterocycles. The van der Waals surface area contributed by atoms with Crippen molar-refractivity contribution in [2.45, 2.75) is 6.42 Å². The molecule has 3 aromatic rings. The highest BCUT2D eigenvalue weighted by molar-refractivity contribution is 6.33. The van der Waals surface area contributed by atoms with E-state index in [4.69, 9.17) is 11.6 Å². The van der Waals surface area contributed by atoms with Gasteiger partial charge in [0.05, 0.1) is 22.0 Å². The van der Waals surface area contributed by atoms with Gasteiger partial charge in [-0.1, -0.05) is 11.6 Å². The number of H-pyrrole nitrogens is 1. The second-order valence-corrected chi connectivity index (χ2v) is 5.92. The second-order valence-electron chi connectivity index (χ2n) is 5.51. The lowest BCUT2D eigenvalue weighted by molar-refractivity contribution is 0.0946. The van der Waals surface area contributed by atoms with Crippen LogP contribution in [0.5, 0.6) is 5.75 Å². The number of phenolic OH excluding ortho intramolecular Hbond substituents is 1. The molecule has 0 fully saturated rings. The van der Waals surface area contributed by atoms with Crippen LogP contribution in [-0.4, -0.2) is 32.5 Å². The zero-order valence-corrected chi connectivity index (χ0v) is 13.3. The Balaban J connectivity index is 1.77. The number of hydrogen-bond acceptors (Lipinski definition) is 4. The second kappa shape index (κ2) is 5.65. The van der Waals surface area contributed by atoms with E-state index in [0.717, 1.165) is 17.8 Å². The molecule has 0 saturated heterocycles. The van der Waals surface area contributed by atoms with Crippen molar-refractivity contribution >= 4 is 17.5 Å². The summed E-state index contributed by atoms with van der Waals surface area (Å²) in [5.41, 5.74) is 3.63. The number of fused-ring (bicyclic) bond motifs is 1. The van der Waals surface area contributed by atoms with E-state index in [1.54, 1.807) is 24.4 Å². The molecule has 0 spiro atoms. The van der Waals surface area contributed by atoms with Gasteiger partial charge in [0.1, 0.15) is 5.75 Å². The topological polar surface area (TPSA) is 90.9 Å². The number of carbonyl (C=O) groups is 1. The lowest BCUT2D eigenvalue weighted by atomic mass is 10.1. The first-order valence-corrected chi connectivity index (χ1v) is 7.82. The van der Waals surface area contributed by atoms with E-state index in [-0.39, 0.29) is 11.7 Å². The van der Waals surface area contributed by atoms with E-state index in [1.165, 1.54) is 12.1 Å².